The molecule has 0 aromatic carbocycles. The molecule has 6 nitrogen and oxygen atoms in total. The first-order chi connectivity index (χ1) is 9.90. The molecule has 7 heteroatoms. The molecule has 1 aliphatic heterocycles. The number of aromatic nitrogens is 2. The fourth-order valence-corrected chi connectivity index (χ4v) is 2.83. The van der Waals surface area contributed by atoms with Gasteiger partial charge < -0.3 is 10.2 Å². The lowest BCUT2D eigenvalue weighted by Crippen LogP contribution is -2.46. The molecule has 0 aliphatic carbocycles. The molecule has 1 saturated heterocycles. The molecule has 21 heavy (non-hydrogen) atoms. The van der Waals surface area contributed by atoms with Gasteiger partial charge in [-0.1, -0.05) is 18.0 Å². The van der Waals surface area contributed by atoms with E-state index in [0.717, 1.165) is 24.1 Å². The van der Waals surface area contributed by atoms with Crippen LogP contribution in [0.25, 0.3) is 0 Å². The van der Waals surface area contributed by atoms with E-state index < -0.39 is 6.04 Å². The average molecular weight is 313 g/mol. The Kier molecular flexibility index (Phi) is 4.88. The zero-order chi connectivity index (χ0) is 15.6. The van der Waals surface area contributed by atoms with Gasteiger partial charge in [0.15, 0.2) is 0 Å². The smallest absolute Gasteiger partial charge is 0.245 e. The molecule has 2 rings (SSSR count). The van der Waals surface area contributed by atoms with Crippen molar-refractivity contribution in [2.75, 3.05) is 7.05 Å². The number of likely N-dealkylation sites (N-methyl/N-ethyl adjacent to an activating group) is 1. The van der Waals surface area contributed by atoms with Crippen molar-refractivity contribution in [3.05, 3.63) is 16.4 Å². The average Bonchev–Trinajstić information content (AvgIpc) is 2.62. The van der Waals surface area contributed by atoms with Crippen molar-refractivity contribution in [3.63, 3.8) is 0 Å². The maximum atomic E-state index is 12.5. The van der Waals surface area contributed by atoms with Crippen molar-refractivity contribution in [2.24, 2.45) is 7.05 Å². The summed E-state index contributed by atoms with van der Waals surface area (Å²) in [4.78, 5) is 25.6. The van der Waals surface area contributed by atoms with Crippen molar-refractivity contribution in [2.45, 2.75) is 45.2 Å². The summed E-state index contributed by atoms with van der Waals surface area (Å²) in [6.45, 7) is 2.26. The van der Waals surface area contributed by atoms with Gasteiger partial charge in [0.2, 0.25) is 11.8 Å². The molecule has 1 atom stereocenters. The van der Waals surface area contributed by atoms with E-state index in [-0.39, 0.29) is 11.8 Å². The summed E-state index contributed by atoms with van der Waals surface area (Å²) in [6.07, 6.45) is 2.91. The van der Waals surface area contributed by atoms with Gasteiger partial charge in [0.25, 0.3) is 0 Å². The van der Waals surface area contributed by atoms with E-state index in [1.807, 2.05) is 6.92 Å². The van der Waals surface area contributed by atoms with Gasteiger partial charge in [0.05, 0.1) is 12.2 Å². The highest BCUT2D eigenvalue weighted by Gasteiger charge is 2.26. The van der Waals surface area contributed by atoms with Gasteiger partial charge in [0, 0.05) is 26.1 Å². The van der Waals surface area contributed by atoms with Gasteiger partial charge in [-0.2, -0.15) is 5.10 Å². The summed E-state index contributed by atoms with van der Waals surface area (Å²) in [7, 11) is 3.49. The van der Waals surface area contributed by atoms with Gasteiger partial charge in [-0.05, 0) is 19.8 Å². The highest BCUT2D eigenvalue weighted by atomic mass is 35.5. The predicted molar refractivity (Wildman–Crippen MR) is 79.8 cm³/mol. The number of hydrogen-bond acceptors (Lipinski definition) is 3. The zero-order valence-electron chi connectivity index (χ0n) is 12.6. The minimum absolute atomic E-state index is 0.0464. The number of nitrogens with zero attached hydrogens (tertiary/aromatic N) is 3. The molecule has 2 amide bonds. The largest absolute Gasteiger partial charge is 0.344 e. The van der Waals surface area contributed by atoms with Crippen LogP contribution in [0.5, 0.6) is 0 Å². The lowest BCUT2D eigenvalue weighted by molar-refractivity contribution is -0.135. The molecule has 1 aromatic heterocycles. The van der Waals surface area contributed by atoms with Crippen LogP contribution in [0.15, 0.2) is 0 Å². The van der Waals surface area contributed by atoms with E-state index in [1.165, 1.54) is 0 Å². The summed E-state index contributed by atoms with van der Waals surface area (Å²) >= 11 is 6.19. The summed E-state index contributed by atoms with van der Waals surface area (Å²) in [6, 6.07) is -0.430. The molecule has 0 radical (unpaired) electrons. The van der Waals surface area contributed by atoms with Crippen molar-refractivity contribution in [1.82, 2.24) is 20.0 Å². The third-order valence-electron chi connectivity index (χ3n) is 3.82. The molecular formula is C14H21ClN4O2. The fraction of sp³-hybridized carbons (Fsp3) is 0.643. The molecule has 1 aromatic rings. The van der Waals surface area contributed by atoms with Crippen LogP contribution in [0.1, 0.15) is 36.9 Å². The van der Waals surface area contributed by atoms with Gasteiger partial charge in [-0.15, -0.1) is 0 Å². The van der Waals surface area contributed by atoms with Crippen LogP contribution in [-0.2, 0) is 23.2 Å². The normalized spacial score (nSPS) is 19.0. The molecule has 1 fully saturated rings. The van der Waals surface area contributed by atoms with Crippen molar-refractivity contribution < 1.29 is 9.59 Å². The Hall–Kier alpha value is -1.56. The minimum Gasteiger partial charge on any atom is -0.344 e. The number of halogens is 1. The summed E-state index contributed by atoms with van der Waals surface area (Å²) in [5.74, 6) is -0.126. The van der Waals surface area contributed by atoms with Crippen molar-refractivity contribution >= 4 is 23.4 Å². The van der Waals surface area contributed by atoms with Crippen molar-refractivity contribution in [3.8, 4) is 0 Å². The van der Waals surface area contributed by atoms with Gasteiger partial charge >= 0.3 is 0 Å². The zero-order valence-corrected chi connectivity index (χ0v) is 13.4. The second-order valence-electron chi connectivity index (χ2n) is 5.54. The van der Waals surface area contributed by atoms with Crippen molar-refractivity contribution in [1.29, 1.82) is 0 Å². The number of nitrogens with one attached hydrogen (secondary N) is 1. The van der Waals surface area contributed by atoms with Crippen LogP contribution in [0, 0.1) is 6.92 Å². The van der Waals surface area contributed by atoms with Crippen LogP contribution in [0.4, 0.5) is 0 Å². The van der Waals surface area contributed by atoms with Crippen LogP contribution in [0.3, 0.4) is 0 Å². The molecule has 0 bridgehead atoms. The Balaban J connectivity index is 2.06. The van der Waals surface area contributed by atoms with E-state index in [9.17, 15) is 9.59 Å². The Bertz CT molecular complexity index is 555. The van der Waals surface area contributed by atoms with E-state index in [1.54, 1.807) is 23.7 Å². The molecule has 0 saturated carbocycles. The predicted octanol–water partition coefficient (Wildman–Crippen LogP) is 1.40. The molecular weight excluding hydrogens is 292 g/mol. The van der Waals surface area contributed by atoms with Gasteiger partial charge in [-0.3, -0.25) is 14.3 Å². The molecule has 1 aliphatic rings. The Labute approximate surface area is 129 Å². The molecule has 1 N–H and O–H groups in total. The van der Waals surface area contributed by atoms with E-state index in [0.29, 0.717) is 24.5 Å². The van der Waals surface area contributed by atoms with Crippen LogP contribution in [0.2, 0.25) is 5.15 Å². The number of carbonyl (C=O) groups excluding carboxylic acids is 2. The second-order valence-corrected chi connectivity index (χ2v) is 5.90. The van der Waals surface area contributed by atoms with Gasteiger partial charge in [-0.25, -0.2) is 0 Å². The first kappa shape index (κ1) is 15.8. The number of rotatable bonds is 3. The molecule has 1 unspecified atom stereocenters. The van der Waals surface area contributed by atoms with Crippen LogP contribution in [-0.4, -0.2) is 39.6 Å². The third kappa shape index (κ3) is 3.56. The molecule has 0 spiro atoms. The highest BCUT2D eigenvalue weighted by Crippen LogP contribution is 2.21. The number of carbonyl (C=O) groups is 2. The SMILES string of the molecule is Cc1nn(C)c(Cl)c1CN(C)C(=O)C1CCCCC(=O)N1. The summed E-state index contributed by atoms with van der Waals surface area (Å²) < 4.78 is 1.60. The number of amides is 2. The van der Waals surface area contributed by atoms with Crippen LogP contribution >= 0.6 is 11.6 Å². The maximum absolute atomic E-state index is 12.5. The Morgan fingerprint density at radius 3 is 2.86 bits per heavy atom. The van der Waals surface area contributed by atoms with Crippen LogP contribution < -0.4 is 5.32 Å². The summed E-state index contributed by atoms with van der Waals surface area (Å²) in [5.41, 5.74) is 1.65. The van der Waals surface area contributed by atoms with Gasteiger partial charge in [0.1, 0.15) is 11.2 Å². The number of hydrogen-bond donors (Lipinski definition) is 1. The lowest BCUT2D eigenvalue weighted by atomic mass is 10.1. The van der Waals surface area contributed by atoms with E-state index in [4.69, 9.17) is 11.6 Å². The minimum atomic E-state index is -0.430. The maximum Gasteiger partial charge on any atom is 0.245 e. The topological polar surface area (TPSA) is 67.2 Å². The number of aryl methyl sites for hydroxylation is 2. The van der Waals surface area contributed by atoms with E-state index >= 15 is 0 Å². The first-order valence-corrected chi connectivity index (χ1v) is 7.50. The fourth-order valence-electron chi connectivity index (χ4n) is 2.59. The Morgan fingerprint density at radius 1 is 1.52 bits per heavy atom. The standard InChI is InChI=1S/C14H21ClN4O2/c1-9-10(13(15)19(3)17-9)8-18(2)14(21)11-6-4-5-7-12(20)16-11/h11H,4-8H2,1-3H3,(H,16,20). The summed E-state index contributed by atoms with van der Waals surface area (Å²) in [5, 5.41) is 7.57. The monoisotopic (exact) mass is 312 g/mol. The lowest BCUT2D eigenvalue weighted by Gasteiger charge is -2.23. The molecule has 2 heterocycles. The Morgan fingerprint density at radius 2 is 2.24 bits per heavy atom. The molecule has 116 valence electrons. The second kappa shape index (κ2) is 6.47. The van der Waals surface area contributed by atoms with E-state index in [2.05, 4.69) is 10.4 Å². The highest BCUT2D eigenvalue weighted by molar-refractivity contribution is 6.30. The first-order valence-electron chi connectivity index (χ1n) is 7.12. The quantitative estimate of drug-likeness (QED) is 0.917. The third-order valence-corrected chi connectivity index (χ3v) is 4.29.